The number of rotatable bonds is 1. The van der Waals surface area contributed by atoms with Gasteiger partial charge < -0.3 is 9.32 Å². The van der Waals surface area contributed by atoms with Crippen LogP contribution in [0.2, 0.25) is 0 Å². The van der Waals surface area contributed by atoms with E-state index in [2.05, 4.69) is 30.9 Å². The quantitative estimate of drug-likeness (QED) is 0.733. The van der Waals surface area contributed by atoms with Crippen LogP contribution in [0.1, 0.15) is 30.4 Å². The van der Waals surface area contributed by atoms with Gasteiger partial charge in [-0.3, -0.25) is 0 Å². The third-order valence-corrected chi connectivity index (χ3v) is 3.78. The minimum absolute atomic E-state index is 1.02. The average Bonchev–Trinajstić information content (AvgIpc) is 2.71. The molecule has 0 bridgehead atoms. The molecule has 2 heterocycles. The number of benzene rings is 1. The molecule has 0 amide bonds. The summed E-state index contributed by atoms with van der Waals surface area (Å²) in [6.45, 7) is 6.68. The first-order valence-corrected chi connectivity index (χ1v) is 6.49. The van der Waals surface area contributed by atoms with Crippen LogP contribution in [0.25, 0.3) is 11.0 Å². The molecule has 0 radical (unpaired) electrons. The molecule has 1 aliphatic rings. The zero-order valence-corrected chi connectivity index (χ0v) is 10.6. The predicted octanol–water partition coefficient (Wildman–Crippen LogP) is 4.04. The fourth-order valence-electron chi connectivity index (χ4n) is 2.77. The number of hydrogen-bond donors (Lipinski definition) is 0. The Morgan fingerprint density at radius 3 is 2.53 bits per heavy atom. The molecule has 0 atom stereocenters. The zero-order chi connectivity index (χ0) is 11.8. The van der Waals surface area contributed by atoms with Crippen LogP contribution in [-0.2, 0) is 0 Å². The van der Waals surface area contributed by atoms with Crippen molar-refractivity contribution in [1.82, 2.24) is 0 Å². The summed E-state index contributed by atoms with van der Waals surface area (Å²) in [7, 11) is 0. The second-order valence-corrected chi connectivity index (χ2v) is 5.10. The van der Waals surface area contributed by atoms with E-state index in [0.29, 0.717) is 0 Å². The van der Waals surface area contributed by atoms with Gasteiger partial charge in [-0.15, -0.1) is 0 Å². The second-order valence-electron chi connectivity index (χ2n) is 5.10. The SMILES string of the molecule is Cc1cc2c(C)coc2cc1N1CCCCC1. The van der Waals surface area contributed by atoms with E-state index in [0.717, 1.165) is 5.58 Å². The third-order valence-electron chi connectivity index (χ3n) is 3.78. The molecule has 2 heteroatoms. The van der Waals surface area contributed by atoms with Crippen molar-refractivity contribution in [3.8, 4) is 0 Å². The first kappa shape index (κ1) is 10.7. The van der Waals surface area contributed by atoms with Gasteiger partial charge in [0.15, 0.2) is 0 Å². The maximum atomic E-state index is 5.61. The molecule has 0 N–H and O–H groups in total. The minimum atomic E-state index is 1.02. The Hall–Kier alpha value is -1.44. The van der Waals surface area contributed by atoms with Crippen LogP contribution in [0.3, 0.4) is 0 Å². The summed E-state index contributed by atoms with van der Waals surface area (Å²) in [5.41, 5.74) is 4.97. The van der Waals surface area contributed by atoms with Crippen molar-refractivity contribution >= 4 is 16.7 Å². The zero-order valence-electron chi connectivity index (χ0n) is 10.6. The summed E-state index contributed by atoms with van der Waals surface area (Å²) in [5.74, 6) is 0. The number of nitrogens with zero attached hydrogens (tertiary/aromatic N) is 1. The molecular formula is C15H19NO. The van der Waals surface area contributed by atoms with E-state index >= 15 is 0 Å². The summed E-state index contributed by atoms with van der Waals surface area (Å²) in [6, 6.07) is 4.47. The van der Waals surface area contributed by atoms with Gasteiger partial charge in [0.1, 0.15) is 5.58 Å². The van der Waals surface area contributed by atoms with Gasteiger partial charge in [-0.2, -0.15) is 0 Å². The van der Waals surface area contributed by atoms with Gasteiger partial charge in [0, 0.05) is 30.2 Å². The summed E-state index contributed by atoms with van der Waals surface area (Å²) < 4.78 is 5.61. The number of hydrogen-bond acceptors (Lipinski definition) is 2. The standard InChI is InChI=1S/C15H19NO/c1-11-8-13-12(2)10-17-15(13)9-14(11)16-6-4-3-5-7-16/h8-10H,3-7H2,1-2H3. The number of piperidine rings is 1. The van der Waals surface area contributed by atoms with Gasteiger partial charge in [0.05, 0.1) is 6.26 Å². The summed E-state index contributed by atoms with van der Waals surface area (Å²) in [5, 5.41) is 1.25. The fourth-order valence-corrected chi connectivity index (χ4v) is 2.77. The van der Waals surface area contributed by atoms with Gasteiger partial charge in [0.2, 0.25) is 0 Å². The molecule has 0 spiro atoms. The van der Waals surface area contributed by atoms with Gasteiger partial charge >= 0.3 is 0 Å². The summed E-state index contributed by atoms with van der Waals surface area (Å²) >= 11 is 0. The van der Waals surface area contributed by atoms with Gasteiger partial charge in [-0.05, 0) is 50.3 Å². The molecule has 2 nitrogen and oxygen atoms in total. The van der Waals surface area contributed by atoms with E-state index in [1.165, 1.54) is 54.6 Å². The number of aryl methyl sites for hydroxylation is 2. The smallest absolute Gasteiger partial charge is 0.136 e. The van der Waals surface area contributed by atoms with Crippen LogP contribution < -0.4 is 4.90 Å². The molecule has 0 aliphatic carbocycles. The maximum absolute atomic E-state index is 5.61. The Morgan fingerprint density at radius 1 is 1.00 bits per heavy atom. The van der Waals surface area contributed by atoms with Crippen molar-refractivity contribution in [1.29, 1.82) is 0 Å². The summed E-state index contributed by atoms with van der Waals surface area (Å²) in [6.07, 6.45) is 5.85. The molecular weight excluding hydrogens is 210 g/mol. The van der Waals surface area contributed by atoms with E-state index in [1.807, 2.05) is 6.26 Å². The molecule has 1 aromatic carbocycles. The number of fused-ring (bicyclic) bond motifs is 1. The molecule has 1 fully saturated rings. The molecule has 1 saturated heterocycles. The number of furan rings is 1. The van der Waals surface area contributed by atoms with Crippen molar-refractivity contribution < 1.29 is 4.42 Å². The Labute approximate surface area is 102 Å². The molecule has 1 aliphatic heterocycles. The topological polar surface area (TPSA) is 16.4 Å². The van der Waals surface area contributed by atoms with Crippen molar-refractivity contribution in [2.75, 3.05) is 18.0 Å². The molecule has 90 valence electrons. The van der Waals surface area contributed by atoms with E-state index in [-0.39, 0.29) is 0 Å². The van der Waals surface area contributed by atoms with Crippen LogP contribution in [0, 0.1) is 13.8 Å². The maximum Gasteiger partial charge on any atom is 0.136 e. The molecule has 0 unspecified atom stereocenters. The normalized spacial score (nSPS) is 16.7. The van der Waals surface area contributed by atoms with Crippen molar-refractivity contribution in [2.45, 2.75) is 33.1 Å². The lowest BCUT2D eigenvalue weighted by Gasteiger charge is -2.30. The largest absolute Gasteiger partial charge is 0.464 e. The average molecular weight is 229 g/mol. The van der Waals surface area contributed by atoms with Crippen LogP contribution >= 0.6 is 0 Å². The Morgan fingerprint density at radius 2 is 1.76 bits per heavy atom. The Kier molecular flexibility index (Phi) is 2.58. The molecule has 2 aromatic rings. The highest BCUT2D eigenvalue weighted by atomic mass is 16.3. The van der Waals surface area contributed by atoms with Crippen molar-refractivity contribution in [2.24, 2.45) is 0 Å². The molecule has 17 heavy (non-hydrogen) atoms. The lowest BCUT2D eigenvalue weighted by molar-refractivity contribution is 0.576. The minimum Gasteiger partial charge on any atom is -0.464 e. The highest BCUT2D eigenvalue weighted by Crippen LogP contribution is 2.30. The molecule has 3 rings (SSSR count). The number of anilines is 1. The fraction of sp³-hybridized carbons (Fsp3) is 0.467. The Balaban J connectivity index is 2.06. The van der Waals surface area contributed by atoms with Gasteiger partial charge in [-0.25, -0.2) is 0 Å². The van der Waals surface area contributed by atoms with Crippen LogP contribution in [0.5, 0.6) is 0 Å². The van der Waals surface area contributed by atoms with Crippen LogP contribution in [0.15, 0.2) is 22.8 Å². The van der Waals surface area contributed by atoms with Crippen molar-refractivity contribution in [3.63, 3.8) is 0 Å². The highest BCUT2D eigenvalue weighted by Gasteiger charge is 2.15. The van der Waals surface area contributed by atoms with E-state index in [1.54, 1.807) is 0 Å². The van der Waals surface area contributed by atoms with Crippen molar-refractivity contribution in [3.05, 3.63) is 29.5 Å². The highest BCUT2D eigenvalue weighted by molar-refractivity contribution is 5.85. The predicted molar refractivity (Wildman–Crippen MR) is 71.8 cm³/mol. The third kappa shape index (κ3) is 1.82. The lowest BCUT2D eigenvalue weighted by atomic mass is 10.1. The Bertz CT molecular complexity index is 535. The first-order valence-electron chi connectivity index (χ1n) is 6.49. The van der Waals surface area contributed by atoms with E-state index in [4.69, 9.17) is 4.42 Å². The van der Waals surface area contributed by atoms with E-state index in [9.17, 15) is 0 Å². The van der Waals surface area contributed by atoms with E-state index < -0.39 is 0 Å². The summed E-state index contributed by atoms with van der Waals surface area (Å²) in [4.78, 5) is 2.50. The lowest BCUT2D eigenvalue weighted by Crippen LogP contribution is -2.29. The second kappa shape index (κ2) is 4.10. The molecule has 1 aromatic heterocycles. The monoisotopic (exact) mass is 229 g/mol. The van der Waals surface area contributed by atoms with Gasteiger partial charge in [-0.1, -0.05) is 0 Å². The first-order chi connectivity index (χ1) is 8.25. The van der Waals surface area contributed by atoms with Crippen LogP contribution in [-0.4, -0.2) is 13.1 Å². The van der Waals surface area contributed by atoms with Gasteiger partial charge in [0.25, 0.3) is 0 Å². The van der Waals surface area contributed by atoms with Crippen LogP contribution in [0.4, 0.5) is 5.69 Å². The molecule has 0 saturated carbocycles.